The number of rotatable bonds is 4. The third-order valence-corrected chi connectivity index (χ3v) is 2.72. The zero-order valence-electron chi connectivity index (χ0n) is 10.8. The summed E-state index contributed by atoms with van der Waals surface area (Å²) in [7, 11) is 3.31. The lowest BCUT2D eigenvalue weighted by molar-refractivity contribution is 0.414. The summed E-state index contributed by atoms with van der Waals surface area (Å²) >= 11 is 0. The highest BCUT2D eigenvalue weighted by Gasteiger charge is 2.15. The Labute approximate surface area is 111 Å². The van der Waals surface area contributed by atoms with Gasteiger partial charge in [0, 0.05) is 12.6 Å². The van der Waals surface area contributed by atoms with Crippen LogP contribution in [0.15, 0.2) is 30.6 Å². The van der Waals surface area contributed by atoms with Gasteiger partial charge in [-0.05, 0) is 12.1 Å². The van der Waals surface area contributed by atoms with Gasteiger partial charge in [-0.2, -0.15) is 0 Å². The Bertz CT molecular complexity index is 612. The minimum atomic E-state index is 0.251. The van der Waals surface area contributed by atoms with Gasteiger partial charge in [0.2, 0.25) is 0 Å². The lowest BCUT2D eigenvalue weighted by Crippen LogP contribution is -2.12. The molecule has 0 spiro atoms. The molecule has 0 saturated heterocycles. The number of hydrogen-bond donors (Lipinski definition) is 3. The van der Waals surface area contributed by atoms with Gasteiger partial charge in [-0.15, -0.1) is 0 Å². The zero-order chi connectivity index (χ0) is 13.8. The Hall–Kier alpha value is -2.63. The molecule has 0 aliphatic carbocycles. The van der Waals surface area contributed by atoms with E-state index in [2.05, 4.69) is 15.3 Å². The highest BCUT2D eigenvalue weighted by molar-refractivity contribution is 6.16. The van der Waals surface area contributed by atoms with Gasteiger partial charge in [-0.3, -0.25) is 5.41 Å². The van der Waals surface area contributed by atoms with Crippen molar-refractivity contribution < 1.29 is 4.74 Å². The molecule has 0 aliphatic heterocycles. The number of aromatic nitrogens is 2. The van der Waals surface area contributed by atoms with E-state index in [4.69, 9.17) is 15.9 Å². The highest BCUT2D eigenvalue weighted by atomic mass is 16.5. The second-order valence-corrected chi connectivity index (χ2v) is 3.84. The van der Waals surface area contributed by atoms with Gasteiger partial charge in [0.15, 0.2) is 0 Å². The van der Waals surface area contributed by atoms with Crippen molar-refractivity contribution in [3.05, 3.63) is 41.7 Å². The van der Waals surface area contributed by atoms with E-state index in [0.717, 1.165) is 0 Å². The molecule has 6 nitrogen and oxygen atoms in total. The van der Waals surface area contributed by atoms with Crippen molar-refractivity contribution >= 4 is 17.3 Å². The molecular weight excluding hydrogens is 242 g/mol. The first-order valence-electron chi connectivity index (χ1n) is 5.69. The van der Waals surface area contributed by atoms with Gasteiger partial charge >= 0.3 is 0 Å². The molecule has 2 aromatic rings. The molecule has 1 aromatic carbocycles. The first kappa shape index (κ1) is 12.8. The topological polar surface area (TPSA) is 96.9 Å². The lowest BCUT2D eigenvalue weighted by Gasteiger charge is -2.11. The Morgan fingerprint density at radius 3 is 2.84 bits per heavy atom. The minimum Gasteiger partial charge on any atom is -0.497 e. The molecular formula is C13H15N5O. The fraction of sp³-hybridized carbons (Fsp3) is 0.154. The summed E-state index contributed by atoms with van der Waals surface area (Å²) in [6.45, 7) is 0. The SMILES string of the molecule is CNc1ncnc(N)c1C(=N)c1cccc(OC)c1. The molecule has 0 radical (unpaired) electrons. The summed E-state index contributed by atoms with van der Waals surface area (Å²) in [5.41, 5.74) is 7.27. The van der Waals surface area contributed by atoms with E-state index in [-0.39, 0.29) is 11.5 Å². The first-order valence-corrected chi connectivity index (χ1v) is 5.69. The summed E-state index contributed by atoms with van der Waals surface area (Å²) in [5, 5.41) is 11.2. The Kier molecular flexibility index (Phi) is 3.61. The molecule has 0 saturated carbocycles. The van der Waals surface area contributed by atoms with Crippen LogP contribution in [-0.4, -0.2) is 29.8 Å². The number of hydrogen-bond acceptors (Lipinski definition) is 6. The van der Waals surface area contributed by atoms with Crippen LogP contribution >= 0.6 is 0 Å². The van der Waals surface area contributed by atoms with E-state index in [1.807, 2.05) is 18.2 Å². The normalized spacial score (nSPS) is 10.0. The van der Waals surface area contributed by atoms with Gasteiger partial charge in [0.05, 0.1) is 18.4 Å². The van der Waals surface area contributed by atoms with Crippen LogP contribution in [0.5, 0.6) is 5.75 Å². The van der Waals surface area contributed by atoms with Crippen LogP contribution in [0.2, 0.25) is 0 Å². The first-order chi connectivity index (χ1) is 9.17. The monoisotopic (exact) mass is 257 g/mol. The van der Waals surface area contributed by atoms with E-state index in [9.17, 15) is 0 Å². The molecule has 1 aromatic heterocycles. The Morgan fingerprint density at radius 2 is 2.16 bits per heavy atom. The van der Waals surface area contributed by atoms with Gasteiger partial charge in [-0.25, -0.2) is 9.97 Å². The number of nitrogens with one attached hydrogen (secondary N) is 2. The zero-order valence-corrected chi connectivity index (χ0v) is 10.8. The maximum absolute atomic E-state index is 8.27. The largest absolute Gasteiger partial charge is 0.497 e. The fourth-order valence-corrected chi connectivity index (χ4v) is 1.76. The third-order valence-electron chi connectivity index (χ3n) is 2.72. The molecule has 0 aliphatic rings. The van der Waals surface area contributed by atoms with Crippen LogP contribution in [0.3, 0.4) is 0 Å². The summed E-state index contributed by atoms with van der Waals surface area (Å²) in [6, 6.07) is 7.23. The highest BCUT2D eigenvalue weighted by Crippen LogP contribution is 2.22. The summed E-state index contributed by atoms with van der Waals surface area (Å²) in [4.78, 5) is 8.00. The Balaban J connectivity index is 2.49. The van der Waals surface area contributed by atoms with Crippen LogP contribution in [0.1, 0.15) is 11.1 Å². The van der Waals surface area contributed by atoms with Crippen molar-refractivity contribution in [2.75, 3.05) is 25.2 Å². The molecule has 2 rings (SSSR count). The van der Waals surface area contributed by atoms with Crippen molar-refractivity contribution in [2.45, 2.75) is 0 Å². The van der Waals surface area contributed by atoms with Crippen molar-refractivity contribution in [3.8, 4) is 5.75 Å². The number of nitrogens with two attached hydrogens (primary N) is 1. The molecule has 98 valence electrons. The molecule has 0 unspecified atom stereocenters. The van der Waals surface area contributed by atoms with Crippen LogP contribution in [0.25, 0.3) is 0 Å². The van der Waals surface area contributed by atoms with Crippen molar-refractivity contribution in [3.63, 3.8) is 0 Å². The van der Waals surface area contributed by atoms with E-state index in [1.165, 1.54) is 6.33 Å². The molecule has 0 bridgehead atoms. The molecule has 0 amide bonds. The van der Waals surface area contributed by atoms with Gasteiger partial charge < -0.3 is 15.8 Å². The third kappa shape index (κ3) is 2.47. The quantitative estimate of drug-likeness (QED) is 0.722. The fourth-order valence-electron chi connectivity index (χ4n) is 1.76. The molecule has 1 heterocycles. The molecule has 6 heteroatoms. The van der Waals surface area contributed by atoms with E-state index in [0.29, 0.717) is 22.7 Å². The van der Waals surface area contributed by atoms with Crippen LogP contribution < -0.4 is 15.8 Å². The van der Waals surface area contributed by atoms with Gasteiger partial charge in [0.25, 0.3) is 0 Å². The van der Waals surface area contributed by atoms with Crippen molar-refractivity contribution in [2.24, 2.45) is 0 Å². The van der Waals surface area contributed by atoms with E-state index >= 15 is 0 Å². The second-order valence-electron chi connectivity index (χ2n) is 3.84. The molecule has 0 fully saturated rings. The molecule has 4 N–H and O–H groups in total. The van der Waals surface area contributed by atoms with Crippen LogP contribution in [0, 0.1) is 5.41 Å². The van der Waals surface area contributed by atoms with E-state index < -0.39 is 0 Å². The number of ether oxygens (including phenoxy) is 1. The smallest absolute Gasteiger partial charge is 0.140 e. The average Bonchev–Trinajstić information content (AvgIpc) is 2.46. The predicted molar refractivity (Wildman–Crippen MR) is 74.9 cm³/mol. The number of nitrogens with zero attached hydrogens (tertiary/aromatic N) is 2. The summed E-state index contributed by atoms with van der Waals surface area (Å²) in [6.07, 6.45) is 1.36. The van der Waals surface area contributed by atoms with Crippen molar-refractivity contribution in [1.29, 1.82) is 5.41 Å². The lowest BCUT2D eigenvalue weighted by atomic mass is 10.0. The molecule has 19 heavy (non-hydrogen) atoms. The summed E-state index contributed by atoms with van der Waals surface area (Å²) in [5.74, 6) is 1.48. The maximum Gasteiger partial charge on any atom is 0.140 e. The van der Waals surface area contributed by atoms with Gasteiger partial charge in [0.1, 0.15) is 23.7 Å². The van der Waals surface area contributed by atoms with Gasteiger partial charge in [-0.1, -0.05) is 12.1 Å². The van der Waals surface area contributed by atoms with Crippen LogP contribution in [0.4, 0.5) is 11.6 Å². The number of methoxy groups -OCH3 is 1. The van der Waals surface area contributed by atoms with Crippen LogP contribution in [-0.2, 0) is 0 Å². The number of anilines is 2. The second kappa shape index (κ2) is 5.34. The number of nitrogen functional groups attached to an aromatic ring is 1. The average molecular weight is 257 g/mol. The number of benzene rings is 1. The Morgan fingerprint density at radius 1 is 1.37 bits per heavy atom. The van der Waals surface area contributed by atoms with E-state index in [1.54, 1.807) is 20.2 Å². The summed E-state index contributed by atoms with van der Waals surface area (Å²) < 4.78 is 5.15. The minimum absolute atomic E-state index is 0.251. The molecule has 0 atom stereocenters. The standard InChI is InChI=1S/C13H15N5O/c1-16-13-10(12(15)17-7-18-13)11(14)8-4-3-5-9(6-8)19-2/h3-7,14H,1-2H3,(H3,15,16,17,18). The maximum atomic E-state index is 8.27. The predicted octanol–water partition coefficient (Wildman–Crippen LogP) is 1.53. The van der Waals surface area contributed by atoms with Crippen molar-refractivity contribution in [1.82, 2.24) is 9.97 Å².